The zero-order valence-corrected chi connectivity index (χ0v) is 21.8. The summed E-state index contributed by atoms with van der Waals surface area (Å²) in [5, 5.41) is 5.28. The second kappa shape index (κ2) is 9.43. The molecule has 0 fully saturated rings. The highest BCUT2D eigenvalue weighted by molar-refractivity contribution is 14.1. The van der Waals surface area contributed by atoms with Crippen LogP contribution in [0.1, 0.15) is 21.7 Å². The van der Waals surface area contributed by atoms with E-state index in [1.165, 1.54) is 4.90 Å². The number of fused-ring (bicyclic) bond motifs is 2. The van der Waals surface area contributed by atoms with Crippen LogP contribution in [0.4, 0.5) is 18.9 Å². The number of amides is 1. The van der Waals surface area contributed by atoms with Crippen LogP contribution < -0.4 is 9.64 Å². The van der Waals surface area contributed by atoms with Crippen LogP contribution in [0.5, 0.6) is 11.6 Å². The molecular weight excluding hydrogens is 608 g/mol. The van der Waals surface area contributed by atoms with Gasteiger partial charge in [-0.05, 0) is 89.0 Å². The van der Waals surface area contributed by atoms with Crippen molar-refractivity contribution in [1.82, 2.24) is 14.8 Å². The number of anilines is 1. The Morgan fingerprint density at radius 3 is 2.39 bits per heavy atom. The van der Waals surface area contributed by atoms with Crippen molar-refractivity contribution in [1.29, 1.82) is 0 Å². The van der Waals surface area contributed by atoms with Crippen LogP contribution in [0, 0.1) is 3.57 Å². The molecule has 6 rings (SSSR count). The summed E-state index contributed by atoms with van der Waals surface area (Å²) in [6, 6.07) is 23.1. The van der Waals surface area contributed by atoms with Crippen LogP contribution in [-0.4, -0.2) is 27.2 Å². The van der Waals surface area contributed by atoms with Crippen molar-refractivity contribution in [2.45, 2.75) is 12.6 Å². The lowest BCUT2D eigenvalue weighted by molar-refractivity contribution is -0.141. The summed E-state index contributed by atoms with van der Waals surface area (Å²) in [5.41, 5.74) is -0.334. The summed E-state index contributed by atoms with van der Waals surface area (Å²) in [5.74, 6) is 0.319. The Bertz CT molecular complexity index is 1670. The molecule has 1 amide bonds. The molecule has 1 aliphatic rings. The largest absolute Gasteiger partial charge is 0.438 e. The molecule has 5 aromatic rings. The lowest BCUT2D eigenvalue weighted by Crippen LogP contribution is -2.39. The number of carbonyl (C=O) groups is 1. The summed E-state index contributed by atoms with van der Waals surface area (Å²) >= 11 is 2.16. The first kappa shape index (κ1) is 24.4. The molecule has 0 radical (unpaired) electrons. The van der Waals surface area contributed by atoms with Crippen molar-refractivity contribution >= 4 is 45.0 Å². The number of alkyl halides is 3. The number of benzene rings is 3. The minimum absolute atomic E-state index is 0.0272. The van der Waals surface area contributed by atoms with Gasteiger partial charge in [-0.2, -0.15) is 18.3 Å². The number of carbonyl (C=O) groups excluding carboxylic acids is 1. The van der Waals surface area contributed by atoms with Crippen molar-refractivity contribution in [2.75, 3.05) is 11.4 Å². The molecule has 10 heteroatoms. The summed E-state index contributed by atoms with van der Waals surface area (Å²) < 4.78 is 50.1. The molecule has 0 unspecified atom stereocenters. The average molecular weight is 626 g/mol. The normalized spacial score (nSPS) is 13.6. The topological polar surface area (TPSA) is 60.3 Å². The fourth-order valence-electron chi connectivity index (χ4n) is 4.58. The molecule has 6 nitrogen and oxygen atoms in total. The Hall–Kier alpha value is -3.93. The lowest BCUT2D eigenvalue weighted by atomic mass is 10.0. The average Bonchev–Trinajstić information content (AvgIpc) is 3.32. The Morgan fingerprint density at radius 2 is 1.66 bits per heavy atom. The third-order valence-electron chi connectivity index (χ3n) is 6.34. The Balaban J connectivity index is 1.49. The third-order valence-corrected chi connectivity index (χ3v) is 7.06. The lowest BCUT2D eigenvalue weighted by Gasteiger charge is -2.28. The Morgan fingerprint density at radius 1 is 0.921 bits per heavy atom. The molecule has 0 bridgehead atoms. The summed E-state index contributed by atoms with van der Waals surface area (Å²) in [6.07, 6.45) is -3.08. The fraction of sp³-hybridized carbons (Fsp3) is 0.107. The van der Waals surface area contributed by atoms with Gasteiger partial charge in [-0.1, -0.05) is 24.3 Å². The number of aromatic nitrogens is 3. The highest BCUT2D eigenvalue weighted by Gasteiger charge is 2.43. The van der Waals surface area contributed by atoms with Crippen LogP contribution in [0.25, 0.3) is 16.5 Å². The van der Waals surface area contributed by atoms with Gasteiger partial charge in [-0.3, -0.25) is 4.79 Å². The molecule has 190 valence electrons. The van der Waals surface area contributed by atoms with Gasteiger partial charge in [0.05, 0.1) is 5.69 Å². The Kier molecular flexibility index (Phi) is 6.05. The second-order valence-electron chi connectivity index (χ2n) is 8.71. The summed E-state index contributed by atoms with van der Waals surface area (Å²) in [6.45, 7) is 0.123. The van der Waals surface area contributed by atoms with E-state index >= 15 is 0 Å². The second-order valence-corrected chi connectivity index (χ2v) is 9.95. The number of para-hydroxylation sites is 1. The minimum atomic E-state index is -4.71. The van der Waals surface area contributed by atoms with E-state index in [-0.39, 0.29) is 24.2 Å². The van der Waals surface area contributed by atoms with Gasteiger partial charge in [0, 0.05) is 32.9 Å². The predicted octanol–water partition coefficient (Wildman–Crippen LogP) is 7.04. The van der Waals surface area contributed by atoms with Gasteiger partial charge in [-0.25, -0.2) is 9.67 Å². The molecule has 3 aromatic carbocycles. The fourth-order valence-corrected chi connectivity index (χ4v) is 4.94. The smallest absolute Gasteiger partial charge is 0.435 e. The standard InChI is InChI=1S/C28H18F3IN4O2/c29-28(30,31)25-22-13-15-35(19-10-7-18(32)8-11-19)27(37)24(22)36(34-25)20-9-6-17-12-14-33-26(23(17)16-20)38-21-4-2-1-3-5-21/h1-12,14,16H,13,15H2. The van der Waals surface area contributed by atoms with Gasteiger partial charge >= 0.3 is 6.18 Å². The molecule has 0 aliphatic carbocycles. The molecule has 3 heterocycles. The van der Waals surface area contributed by atoms with Gasteiger partial charge in [-0.15, -0.1) is 0 Å². The molecule has 0 spiro atoms. The molecule has 0 saturated carbocycles. The van der Waals surface area contributed by atoms with Crippen LogP contribution >= 0.6 is 22.6 Å². The SMILES string of the molecule is O=C1c2c(c(C(F)(F)F)nn2-c2ccc3ccnc(Oc4ccccc4)c3c2)CCN1c1ccc(I)cc1. The number of rotatable bonds is 4. The number of pyridine rings is 1. The highest BCUT2D eigenvalue weighted by atomic mass is 127. The first-order valence-corrected chi connectivity index (χ1v) is 12.8. The van der Waals surface area contributed by atoms with Crippen LogP contribution in [0.15, 0.2) is 85.1 Å². The zero-order chi connectivity index (χ0) is 26.4. The number of hydrogen-bond donors (Lipinski definition) is 0. The highest BCUT2D eigenvalue weighted by Crippen LogP contribution is 2.38. The maximum absolute atomic E-state index is 14.0. The number of halogens is 4. The first-order valence-electron chi connectivity index (χ1n) is 11.7. The van der Waals surface area contributed by atoms with Gasteiger partial charge < -0.3 is 9.64 Å². The van der Waals surface area contributed by atoms with Crippen LogP contribution in [-0.2, 0) is 12.6 Å². The molecule has 0 N–H and O–H groups in total. The van der Waals surface area contributed by atoms with E-state index in [4.69, 9.17) is 4.74 Å². The van der Waals surface area contributed by atoms with Crippen LogP contribution in [0.3, 0.4) is 0 Å². The Labute approximate surface area is 228 Å². The molecule has 0 saturated heterocycles. The first-order chi connectivity index (χ1) is 18.3. The van der Waals surface area contributed by atoms with E-state index in [2.05, 4.69) is 32.7 Å². The summed E-state index contributed by atoms with van der Waals surface area (Å²) in [7, 11) is 0. The molecule has 38 heavy (non-hydrogen) atoms. The number of ether oxygens (including phenoxy) is 1. The van der Waals surface area contributed by atoms with Crippen molar-refractivity contribution in [3.63, 3.8) is 0 Å². The van der Waals surface area contributed by atoms with Crippen LogP contribution in [0.2, 0.25) is 0 Å². The van der Waals surface area contributed by atoms with Crippen molar-refractivity contribution in [3.05, 3.63) is 106 Å². The molecule has 2 aromatic heterocycles. The van der Waals surface area contributed by atoms with E-state index in [1.54, 1.807) is 54.7 Å². The minimum Gasteiger partial charge on any atom is -0.438 e. The zero-order valence-electron chi connectivity index (χ0n) is 19.6. The number of hydrogen-bond acceptors (Lipinski definition) is 4. The number of nitrogens with zero attached hydrogens (tertiary/aromatic N) is 4. The maximum Gasteiger partial charge on any atom is 0.435 e. The maximum atomic E-state index is 14.0. The summed E-state index contributed by atoms with van der Waals surface area (Å²) in [4.78, 5) is 19.5. The van der Waals surface area contributed by atoms with Crippen molar-refractivity contribution in [2.24, 2.45) is 0 Å². The van der Waals surface area contributed by atoms with Gasteiger partial charge in [0.1, 0.15) is 11.4 Å². The molecular formula is C28H18F3IN4O2. The van der Waals surface area contributed by atoms with E-state index in [0.29, 0.717) is 28.4 Å². The van der Waals surface area contributed by atoms with Gasteiger partial charge in [0.15, 0.2) is 5.69 Å². The third kappa shape index (κ3) is 4.38. The van der Waals surface area contributed by atoms with Gasteiger partial charge in [0.2, 0.25) is 5.88 Å². The molecule has 0 atom stereocenters. The van der Waals surface area contributed by atoms with Crippen molar-refractivity contribution < 1.29 is 22.7 Å². The predicted molar refractivity (Wildman–Crippen MR) is 145 cm³/mol. The molecule has 1 aliphatic heterocycles. The monoisotopic (exact) mass is 626 g/mol. The van der Waals surface area contributed by atoms with E-state index in [0.717, 1.165) is 13.6 Å². The quantitative estimate of drug-likeness (QED) is 0.201. The van der Waals surface area contributed by atoms with E-state index in [9.17, 15) is 18.0 Å². The van der Waals surface area contributed by atoms with E-state index < -0.39 is 17.8 Å². The van der Waals surface area contributed by atoms with Crippen molar-refractivity contribution in [3.8, 4) is 17.3 Å². The van der Waals surface area contributed by atoms with Gasteiger partial charge in [0.25, 0.3) is 5.91 Å². The van der Waals surface area contributed by atoms with E-state index in [1.807, 2.05) is 30.3 Å².